The van der Waals surface area contributed by atoms with E-state index >= 15 is 0 Å². The minimum Gasteiger partial charge on any atom is -0.508 e. The third-order valence-corrected chi connectivity index (χ3v) is 4.51. The van der Waals surface area contributed by atoms with Crippen LogP contribution >= 0.6 is 0 Å². The van der Waals surface area contributed by atoms with Crippen LogP contribution in [0.5, 0.6) is 11.5 Å². The van der Waals surface area contributed by atoms with Gasteiger partial charge in [-0.15, -0.1) is 0 Å². The van der Waals surface area contributed by atoms with Crippen LogP contribution in [0.2, 0.25) is 0 Å². The van der Waals surface area contributed by atoms with Gasteiger partial charge in [-0.25, -0.2) is 0 Å². The molecule has 0 aromatic heterocycles. The Bertz CT molecular complexity index is 1060. The normalized spacial score (nSPS) is 11.2. The second-order valence-corrected chi connectivity index (χ2v) is 6.34. The molecule has 118 valence electrons. The van der Waals surface area contributed by atoms with E-state index in [1.54, 1.807) is 12.1 Å². The first kappa shape index (κ1) is 14.6. The highest BCUT2D eigenvalue weighted by Crippen LogP contribution is 2.31. The third kappa shape index (κ3) is 2.56. The minimum absolute atomic E-state index is 0.267. The van der Waals surface area contributed by atoms with E-state index in [1.807, 2.05) is 37.3 Å². The molecule has 0 fully saturated rings. The van der Waals surface area contributed by atoms with Crippen LogP contribution in [0.4, 0.5) is 0 Å². The number of benzene rings is 4. The Morgan fingerprint density at radius 3 is 2.33 bits per heavy atom. The highest BCUT2D eigenvalue weighted by molar-refractivity contribution is 5.90. The van der Waals surface area contributed by atoms with Crippen LogP contribution in [0.1, 0.15) is 16.7 Å². The Labute approximate surface area is 140 Å². The van der Waals surface area contributed by atoms with Crippen LogP contribution < -0.4 is 0 Å². The molecule has 2 N–H and O–H groups in total. The molecule has 0 saturated heterocycles. The van der Waals surface area contributed by atoms with E-state index in [-0.39, 0.29) is 5.75 Å². The number of phenols is 2. The van der Waals surface area contributed by atoms with E-state index in [1.165, 1.54) is 0 Å². The van der Waals surface area contributed by atoms with Gasteiger partial charge in [0.15, 0.2) is 0 Å². The van der Waals surface area contributed by atoms with E-state index in [4.69, 9.17) is 0 Å². The summed E-state index contributed by atoms with van der Waals surface area (Å²) in [5.74, 6) is 0.621. The smallest absolute Gasteiger partial charge is 0.126 e. The molecule has 0 aliphatic heterocycles. The Hall–Kier alpha value is -3.00. The lowest BCUT2D eigenvalue weighted by Crippen LogP contribution is -1.90. The maximum Gasteiger partial charge on any atom is 0.126 e. The van der Waals surface area contributed by atoms with Gasteiger partial charge in [-0.1, -0.05) is 54.1 Å². The number of aromatic hydroxyl groups is 2. The van der Waals surface area contributed by atoms with Crippen molar-refractivity contribution < 1.29 is 10.2 Å². The van der Waals surface area contributed by atoms with Gasteiger partial charge in [0, 0.05) is 11.8 Å². The highest BCUT2D eigenvalue weighted by Gasteiger charge is 2.08. The first-order chi connectivity index (χ1) is 11.6. The quantitative estimate of drug-likeness (QED) is 0.527. The second kappa shape index (κ2) is 5.57. The molecule has 24 heavy (non-hydrogen) atoms. The van der Waals surface area contributed by atoms with Crippen LogP contribution in [-0.4, -0.2) is 10.2 Å². The summed E-state index contributed by atoms with van der Waals surface area (Å²) in [6, 6.07) is 21.7. The first-order valence-electron chi connectivity index (χ1n) is 8.03. The zero-order chi connectivity index (χ0) is 16.7. The molecule has 0 amide bonds. The lowest BCUT2D eigenvalue weighted by Gasteiger charge is -2.10. The monoisotopic (exact) mass is 314 g/mol. The highest BCUT2D eigenvalue weighted by atomic mass is 16.3. The molecule has 0 saturated carbocycles. The number of hydrogen-bond acceptors (Lipinski definition) is 2. The molecular formula is C22H18O2. The fraction of sp³-hybridized carbons (Fsp3) is 0.0909. The zero-order valence-electron chi connectivity index (χ0n) is 13.5. The van der Waals surface area contributed by atoms with Crippen molar-refractivity contribution >= 4 is 21.5 Å². The van der Waals surface area contributed by atoms with Gasteiger partial charge in [-0.05, 0) is 52.4 Å². The first-order valence-corrected chi connectivity index (χ1v) is 8.03. The van der Waals surface area contributed by atoms with E-state index in [9.17, 15) is 10.2 Å². The van der Waals surface area contributed by atoms with Crippen molar-refractivity contribution in [1.82, 2.24) is 0 Å². The molecule has 0 spiro atoms. The molecule has 2 nitrogen and oxygen atoms in total. The Morgan fingerprint density at radius 2 is 1.46 bits per heavy atom. The summed E-state index contributed by atoms with van der Waals surface area (Å²) >= 11 is 0. The Kier molecular flexibility index (Phi) is 3.39. The van der Waals surface area contributed by atoms with Gasteiger partial charge in [0.1, 0.15) is 11.5 Å². The lowest BCUT2D eigenvalue weighted by atomic mass is 9.97. The van der Waals surface area contributed by atoms with Gasteiger partial charge in [0.2, 0.25) is 0 Å². The van der Waals surface area contributed by atoms with Crippen LogP contribution in [0.3, 0.4) is 0 Å². The van der Waals surface area contributed by atoms with Gasteiger partial charge in [-0.3, -0.25) is 0 Å². The molecule has 4 aromatic carbocycles. The minimum atomic E-state index is 0.267. The van der Waals surface area contributed by atoms with Gasteiger partial charge < -0.3 is 10.2 Å². The fourth-order valence-electron chi connectivity index (χ4n) is 3.22. The van der Waals surface area contributed by atoms with Crippen molar-refractivity contribution in [2.24, 2.45) is 0 Å². The van der Waals surface area contributed by atoms with Crippen molar-refractivity contribution in [2.45, 2.75) is 13.3 Å². The summed E-state index contributed by atoms with van der Waals surface area (Å²) in [4.78, 5) is 0. The topological polar surface area (TPSA) is 40.5 Å². The van der Waals surface area contributed by atoms with Crippen molar-refractivity contribution in [2.75, 3.05) is 0 Å². The number of fused-ring (bicyclic) bond motifs is 2. The fourth-order valence-corrected chi connectivity index (χ4v) is 3.22. The molecular weight excluding hydrogens is 296 g/mol. The number of rotatable bonds is 2. The third-order valence-electron chi connectivity index (χ3n) is 4.51. The standard InChI is InChI=1S/C22H18O2/c1-14-2-4-17-6-7-18(22(24)21(17)10-14)11-15-3-5-16-8-9-20(23)13-19(16)12-15/h2-10,12-13,23-24H,11H2,1H3. The molecule has 0 atom stereocenters. The van der Waals surface area contributed by atoms with Crippen molar-refractivity contribution in [3.8, 4) is 11.5 Å². The van der Waals surface area contributed by atoms with E-state index in [0.29, 0.717) is 12.2 Å². The zero-order valence-corrected chi connectivity index (χ0v) is 13.5. The van der Waals surface area contributed by atoms with E-state index in [0.717, 1.165) is 38.2 Å². The van der Waals surface area contributed by atoms with Gasteiger partial charge in [-0.2, -0.15) is 0 Å². The molecule has 0 aliphatic carbocycles. The van der Waals surface area contributed by atoms with Crippen molar-refractivity contribution in [3.63, 3.8) is 0 Å². The molecule has 0 unspecified atom stereocenters. The van der Waals surface area contributed by atoms with Gasteiger partial charge in [0.25, 0.3) is 0 Å². The molecule has 2 heteroatoms. The van der Waals surface area contributed by atoms with Gasteiger partial charge in [0.05, 0.1) is 0 Å². The summed E-state index contributed by atoms with van der Waals surface area (Å²) in [6.07, 6.45) is 0.654. The average Bonchev–Trinajstić information content (AvgIpc) is 2.57. The second-order valence-electron chi connectivity index (χ2n) is 6.34. The predicted octanol–water partition coefficient (Wildman–Crippen LogP) is 5.30. The summed E-state index contributed by atoms with van der Waals surface area (Å²) in [5, 5.41) is 24.3. The maximum absolute atomic E-state index is 10.7. The molecule has 0 aliphatic rings. The van der Waals surface area contributed by atoms with Gasteiger partial charge >= 0.3 is 0 Å². The molecule has 0 bridgehead atoms. The largest absolute Gasteiger partial charge is 0.508 e. The summed E-state index contributed by atoms with van der Waals surface area (Å²) in [6.45, 7) is 2.03. The Morgan fingerprint density at radius 1 is 0.708 bits per heavy atom. The predicted molar refractivity (Wildman–Crippen MR) is 98.8 cm³/mol. The maximum atomic E-state index is 10.7. The van der Waals surface area contributed by atoms with Crippen LogP contribution in [0, 0.1) is 6.92 Å². The molecule has 0 heterocycles. The number of phenolic OH excluding ortho intramolecular Hbond substituents is 2. The summed E-state index contributed by atoms with van der Waals surface area (Å²) < 4.78 is 0. The SMILES string of the molecule is Cc1ccc2ccc(Cc3ccc4ccc(O)cc4c3)c(O)c2c1. The summed E-state index contributed by atoms with van der Waals surface area (Å²) in [5.41, 5.74) is 3.15. The lowest BCUT2D eigenvalue weighted by molar-refractivity contribution is 0.475. The van der Waals surface area contributed by atoms with Crippen LogP contribution in [-0.2, 0) is 6.42 Å². The van der Waals surface area contributed by atoms with Crippen LogP contribution in [0.25, 0.3) is 21.5 Å². The van der Waals surface area contributed by atoms with E-state index < -0.39 is 0 Å². The molecule has 4 aromatic rings. The number of aryl methyl sites for hydroxylation is 1. The molecule has 0 radical (unpaired) electrons. The van der Waals surface area contributed by atoms with E-state index in [2.05, 4.69) is 24.3 Å². The molecule has 4 rings (SSSR count). The van der Waals surface area contributed by atoms with Crippen molar-refractivity contribution in [1.29, 1.82) is 0 Å². The average molecular weight is 314 g/mol. The Balaban J connectivity index is 1.77. The number of hydrogen-bond donors (Lipinski definition) is 2. The van der Waals surface area contributed by atoms with Crippen LogP contribution in [0.15, 0.2) is 66.7 Å². The summed E-state index contributed by atoms with van der Waals surface area (Å²) in [7, 11) is 0. The van der Waals surface area contributed by atoms with Crippen molar-refractivity contribution in [3.05, 3.63) is 83.4 Å².